The molecule has 0 saturated carbocycles. The lowest BCUT2D eigenvalue weighted by atomic mass is 9.90. The number of hydrogen-bond acceptors (Lipinski definition) is 2. The Morgan fingerprint density at radius 3 is 2.73 bits per heavy atom. The summed E-state index contributed by atoms with van der Waals surface area (Å²) in [6.45, 7) is 0. The SMILES string of the molecule is O=C(O)c1c(-c2ccc3c(c2)CCCC3)nc2ccccn12. The van der Waals surface area contributed by atoms with Gasteiger partial charge in [0.15, 0.2) is 5.69 Å². The number of aryl methyl sites for hydroxylation is 2. The molecule has 0 spiro atoms. The van der Waals surface area contributed by atoms with Gasteiger partial charge in [-0.15, -0.1) is 0 Å². The Bertz CT molecular complexity index is 880. The van der Waals surface area contributed by atoms with Crippen LogP contribution < -0.4 is 0 Å². The summed E-state index contributed by atoms with van der Waals surface area (Å²) in [4.78, 5) is 16.2. The molecule has 22 heavy (non-hydrogen) atoms. The van der Waals surface area contributed by atoms with Gasteiger partial charge in [0.25, 0.3) is 0 Å². The zero-order chi connectivity index (χ0) is 15.1. The molecule has 0 radical (unpaired) electrons. The molecule has 4 heteroatoms. The van der Waals surface area contributed by atoms with Crippen molar-refractivity contribution in [2.24, 2.45) is 0 Å². The van der Waals surface area contributed by atoms with E-state index in [0.29, 0.717) is 11.3 Å². The number of carbonyl (C=O) groups is 1. The van der Waals surface area contributed by atoms with Gasteiger partial charge in [0.1, 0.15) is 11.3 Å². The van der Waals surface area contributed by atoms with Crippen LogP contribution >= 0.6 is 0 Å². The predicted molar refractivity (Wildman–Crippen MR) is 84.2 cm³/mol. The lowest BCUT2D eigenvalue weighted by molar-refractivity contribution is 0.0690. The van der Waals surface area contributed by atoms with Gasteiger partial charge in [-0.25, -0.2) is 9.78 Å². The predicted octanol–water partition coefficient (Wildman–Crippen LogP) is 3.58. The minimum absolute atomic E-state index is 0.228. The lowest BCUT2D eigenvalue weighted by Crippen LogP contribution is -2.05. The zero-order valence-electron chi connectivity index (χ0n) is 12.1. The van der Waals surface area contributed by atoms with Gasteiger partial charge < -0.3 is 5.11 Å². The van der Waals surface area contributed by atoms with Gasteiger partial charge >= 0.3 is 5.97 Å². The van der Waals surface area contributed by atoms with Crippen molar-refractivity contribution >= 4 is 11.6 Å². The van der Waals surface area contributed by atoms with Gasteiger partial charge in [0.2, 0.25) is 0 Å². The summed E-state index contributed by atoms with van der Waals surface area (Å²) in [5.41, 5.74) is 5.04. The summed E-state index contributed by atoms with van der Waals surface area (Å²) in [6.07, 6.45) is 6.37. The average molecular weight is 292 g/mol. The molecule has 0 aliphatic heterocycles. The minimum atomic E-state index is -0.952. The molecule has 4 nitrogen and oxygen atoms in total. The van der Waals surface area contributed by atoms with Gasteiger partial charge in [-0.2, -0.15) is 0 Å². The Hall–Kier alpha value is -2.62. The molecular weight excluding hydrogens is 276 g/mol. The summed E-state index contributed by atoms with van der Waals surface area (Å²) in [5.74, 6) is -0.952. The van der Waals surface area contributed by atoms with E-state index in [-0.39, 0.29) is 5.69 Å². The number of rotatable bonds is 2. The highest BCUT2D eigenvalue weighted by Gasteiger charge is 2.20. The molecule has 3 aromatic rings. The quantitative estimate of drug-likeness (QED) is 0.785. The van der Waals surface area contributed by atoms with Crippen LogP contribution in [0.15, 0.2) is 42.6 Å². The Labute approximate surface area is 128 Å². The van der Waals surface area contributed by atoms with Gasteiger partial charge in [0, 0.05) is 11.8 Å². The van der Waals surface area contributed by atoms with E-state index in [0.717, 1.165) is 18.4 Å². The molecule has 0 bridgehead atoms. The highest BCUT2D eigenvalue weighted by Crippen LogP contribution is 2.29. The van der Waals surface area contributed by atoms with E-state index in [1.165, 1.54) is 24.0 Å². The summed E-state index contributed by atoms with van der Waals surface area (Å²) >= 11 is 0. The standard InChI is InChI=1S/C18H16N2O2/c21-18(22)17-16(19-15-7-3-4-10-20(15)17)14-9-8-12-5-1-2-6-13(12)11-14/h3-4,7-11H,1-2,5-6H2,(H,21,22). The molecule has 2 aromatic heterocycles. The Kier molecular flexibility index (Phi) is 2.96. The van der Waals surface area contributed by atoms with Crippen LogP contribution in [0.2, 0.25) is 0 Å². The number of nitrogens with zero attached hydrogens (tertiary/aromatic N) is 2. The number of hydrogen-bond donors (Lipinski definition) is 1. The second-order valence-electron chi connectivity index (χ2n) is 5.73. The smallest absolute Gasteiger partial charge is 0.355 e. The first-order valence-electron chi connectivity index (χ1n) is 7.56. The van der Waals surface area contributed by atoms with Crippen LogP contribution in [0.3, 0.4) is 0 Å². The molecule has 0 atom stereocenters. The van der Waals surface area contributed by atoms with E-state index in [2.05, 4.69) is 17.1 Å². The fraction of sp³-hybridized carbons (Fsp3) is 0.222. The molecular formula is C18H16N2O2. The maximum atomic E-state index is 11.7. The van der Waals surface area contributed by atoms with Gasteiger partial charge in [-0.1, -0.05) is 18.2 Å². The van der Waals surface area contributed by atoms with Crippen LogP contribution in [0.25, 0.3) is 16.9 Å². The number of aromatic nitrogens is 2. The fourth-order valence-corrected chi connectivity index (χ4v) is 3.28. The molecule has 0 fully saturated rings. The third-order valence-electron chi connectivity index (χ3n) is 4.35. The topological polar surface area (TPSA) is 54.6 Å². The van der Waals surface area contributed by atoms with Crippen molar-refractivity contribution in [1.29, 1.82) is 0 Å². The van der Waals surface area contributed by atoms with E-state index in [1.807, 2.05) is 24.3 Å². The third kappa shape index (κ3) is 1.99. The molecule has 0 amide bonds. The molecule has 1 aliphatic carbocycles. The summed E-state index contributed by atoms with van der Waals surface area (Å²) in [7, 11) is 0. The highest BCUT2D eigenvalue weighted by atomic mass is 16.4. The zero-order valence-corrected chi connectivity index (χ0v) is 12.1. The Morgan fingerprint density at radius 1 is 1.09 bits per heavy atom. The van der Waals surface area contributed by atoms with Gasteiger partial charge in [-0.3, -0.25) is 4.40 Å². The van der Waals surface area contributed by atoms with E-state index in [4.69, 9.17) is 0 Å². The average Bonchev–Trinajstić information content (AvgIpc) is 2.94. The highest BCUT2D eigenvalue weighted by molar-refractivity contribution is 5.94. The van der Waals surface area contributed by atoms with E-state index >= 15 is 0 Å². The molecule has 110 valence electrons. The van der Waals surface area contributed by atoms with E-state index in [9.17, 15) is 9.90 Å². The number of carboxylic acid groups (broad SMARTS) is 1. The number of carboxylic acids is 1. The van der Waals surface area contributed by atoms with Crippen LogP contribution in [0.4, 0.5) is 0 Å². The number of benzene rings is 1. The number of aromatic carboxylic acids is 1. The maximum Gasteiger partial charge on any atom is 0.355 e. The van der Waals surface area contributed by atoms with Crippen molar-refractivity contribution in [3.05, 3.63) is 59.4 Å². The summed E-state index contributed by atoms with van der Waals surface area (Å²) in [6, 6.07) is 11.7. The van der Waals surface area contributed by atoms with Crippen molar-refractivity contribution in [2.75, 3.05) is 0 Å². The van der Waals surface area contributed by atoms with Crippen molar-refractivity contribution < 1.29 is 9.90 Å². The Balaban J connectivity index is 1.94. The van der Waals surface area contributed by atoms with Crippen molar-refractivity contribution in [3.8, 4) is 11.3 Å². The molecule has 0 saturated heterocycles. The molecule has 2 heterocycles. The van der Waals surface area contributed by atoms with Crippen LogP contribution in [0.5, 0.6) is 0 Å². The minimum Gasteiger partial charge on any atom is -0.476 e. The summed E-state index contributed by atoms with van der Waals surface area (Å²) < 4.78 is 1.64. The van der Waals surface area contributed by atoms with Crippen molar-refractivity contribution in [1.82, 2.24) is 9.38 Å². The first-order valence-corrected chi connectivity index (χ1v) is 7.56. The lowest BCUT2D eigenvalue weighted by Gasteiger charge is -2.16. The monoisotopic (exact) mass is 292 g/mol. The number of fused-ring (bicyclic) bond motifs is 2. The molecule has 4 rings (SSSR count). The number of imidazole rings is 1. The largest absolute Gasteiger partial charge is 0.476 e. The Morgan fingerprint density at radius 2 is 1.91 bits per heavy atom. The van der Waals surface area contributed by atoms with E-state index in [1.54, 1.807) is 10.6 Å². The van der Waals surface area contributed by atoms with Gasteiger partial charge in [-0.05, 0) is 55.0 Å². The normalized spacial score (nSPS) is 14.0. The first-order chi connectivity index (χ1) is 10.7. The van der Waals surface area contributed by atoms with E-state index < -0.39 is 5.97 Å². The third-order valence-corrected chi connectivity index (χ3v) is 4.35. The van der Waals surface area contributed by atoms with Crippen molar-refractivity contribution in [2.45, 2.75) is 25.7 Å². The molecule has 1 aromatic carbocycles. The van der Waals surface area contributed by atoms with Crippen LogP contribution in [-0.4, -0.2) is 20.5 Å². The first kappa shape index (κ1) is 13.1. The second kappa shape index (κ2) is 4.98. The van der Waals surface area contributed by atoms with Crippen LogP contribution in [0, 0.1) is 0 Å². The number of pyridine rings is 1. The maximum absolute atomic E-state index is 11.7. The fourth-order valence-electron chi connectivity index (χ4n) is 3.28. The van der Waals surface area contributed by atoms with Crippen LogP contribution in [-0.2, 0) is 12.8 Å². The van der Waals surface area contributed by atoms with Crippen LogP contribution in [0.1, 0.15) is 34.5 Å². The molecule has 1 aliphatic rings. The molecule has 1 N–H and O–H groups in total. The van der Waals surface area contributed by atoms with Gasteiger partial charge in [0.05, 0.1) is 0 Å². The second-order valence-corrected chi connectivity index (χ2v) is 5.73. The van der Waals surface area contributed by atoms with Crippen molar-refractivity contribution in [3.63, 3.8) is 0 Å². The molecule has 0 unspecified atom stereocenters. The summed E-state index contributed by atoms with van der Waals surface area (Å²) in [5, 5.41) is 9.59.